The first-order chi connectivity index (χ1) is 8.63. The zero-order valence-electron chi connectivity index (χ0n) is 11.4. The maximum Gasteiger partial charge on any atom is 0.221 e. The summed E-state index contributed by atoms with van der Waals surface area (Å²) in [6, 6.07) is 0. The SMILES string of the molecule is CCc1c(NC)ncnc1N(C)CCC(=O)NC. The zero-order valence-corrected chi connectivity index (χ0v) is 11.4. The molecule has 0 aromatic carbocycles. The van der Waals surface area contributed by atoms with Crippen molar-refractivity contribution in [2.45, 2.75) is 19.8 Å². The summed E-state index contributed by atoms with van der Waals surface area (Å²) in [4.78, 5) is 21.7. The van der Waals surface area contributed by atoms with Gasteiger partial charge in [-0.05, 0) is 6.42 Å². The van der Waals surface area contributed by atoms with Crippen molar-refractivity contribution in [1.29, 1.82) is 0 Å². The van der Waals surface area contributed by atoms with Crippen LogP contribution in [-0.2, 0) is 11.2 Å². The Morgan fingerprint density at radius 1 is 1.39 bits per heavy atom. The number of amides is 1. The molecule has 0 aliphatic rings. The van der Waals surface area contributed by atoms with Gasteiger partial charge in [-0.1, -0.05) is 6.92 Å². The average molecular weight is 251 g/mol. The lowest BCUT2D eigenvalue weighted by molar-refractivity contribution is -0.120. The average Bonchev–Trinajstić information content (AvgIpc) is 2.42. The molecule has 0 bridgehead atoms. The molecule has 18 heavy (non-hydrogen) atoms. The number of carbonyl (C=O) groups excluding carboxylic acids is 1. The summed E-state index contributed by atoms with van der Waals surface area (Å²) in [5, 5.41) is 5.67. The number of nitrogens with zero attached hydrogens (tertiary/aromatic N) is 3. The molecule has 6 nitrogen and oxygen atoms in total. The smallest absolute Gasteiger partial charge is 0.221 e. The first-order valence-corrected chi connectivity index (χ1v) is 6.07. The monoisotopic (exact) mass is 251 g/mol. The normalized spacial score (nSPS) is 10.0. The Labute approximate surface area is 108 Å². The van der Waals surface area contributed by atoms with Gasteiger partial charge in [-0.3, -0.25) is 4.79 Å². The van der Waals surface area contributed by atoms with Crippen LogP contribution in [0.3, 0.4) is 0 Å². The van der Waals surface area contributed by atoms with E-state index in [1.54, 1.807) is 7.05 Å². The van der Waals surface area contributed by atoms with E-state index in [4.69, 9.17) is 0 Å². The Hall–Kier alpha value is -1.85. The van der Waals surface area contributed by atoms with Gasteiger partial charge in [0.25, 0.3) is 0 Å². The molecule has 1 aromatic heterocycles. The second kappa shape index (κ2) is 6.78. The Morgan fingerprint density at radius 3 is 2.67 bits per heavy atom. The van der Waals surface area contributed by atoms with Crippen LogP contribution in [0.1, 0.15) is 18.9 Å². The molecular weight excluding hydrogens is 230 g/mol. The third kappa shape index (κ3) is 3.32. The van der Waals surface area contributed by atoms with Gasteiger partial charge in [0.15, 0.2) is 0 Å². The van der Waals surface area contributed by atoms with Gasteiger partial charge in [0.1, 0.15) is 18.0 Å². The number of rotatable bonds is 6. The fraction of sp³-hybridized carbons (Fsp3) is 0.583. The van der Waals surface area contributed by atoms with Gasteiger partial charge in [0, 0.05) is 39.7 Å². The predicted octanol–water partition coefficient (Wildman–Crippen LogP) is 0.653. The van der Waals surface area contributed by atoms with E-state index in [9.17, 15) is 4.79 Å². The molecule has 0 saturated heterocycles. The van der Waals surface area contributed by atoms with Crippen molar-refractivity contribution >= 4 is 17.5 Å². The molecule has 2 N–H and O–H groups in total. The van der Waals surface area contributed by atoms with Crippen LogP contribution in [0.5, 0.6) is 0 Å². The van der Waals surface area contributed by atoms with Crippen LogP contribution < -0.4 is 15.5 Å². The first-order valence-electron chi connectivity index (χ1n) is 6.07. The highest BCUT2D eigenvalue weighted by Crippen LogP contribution is 2.22. The van der Waals surface area contributed by atoms with E-state index in [1.165, 1.54) is 6.33 Å². The second-order valence-electron chi connectivity index (χ2n) is 3.97. The Morgan fingerprint density at radius 2 is 2.11 bits per heavy atom. The summed E-state index contributed by atoms with van der Waals surface area (Å²) in [6.07, 6.45) is 2.84. The van der Waals surface area contributed by atoms with Crippen molar-refractivity contribution in [1.82, 2.24) is 15.3 Å². The Balaban J connectivity index is 2.84. The molecule has 0 atom stereocenters. The van der Waals surface area contributed by atoms with Crippen LogP contribution in [0.15, 0.2) is 6.33 Å². The van der Waals surface area contributed by atoms with Crippen molar-refractivity contribution in [3.05, 3.63) is 11.9 Å². The Bertz CT molecular complexity index is 407. The largest absolute Gasteiger partial charge is 0.373 e. The topological polar surface area (TPSA) is 70.2 Å². The van der Waals surface area contributed by atoms with E-state index in [0.29, 0.717) is 13.0 Å². The van der Waals surface area contributed by atoms with Gasteiger partial charge < -0.3 is 15.5 Å². The maximum atomic E-state index is 11.2. The van der Waals surface area contributed by atoms with E-state index in [1.807, 2.05) is 19.0 Å². The molecule has 0 unspecified atom stereocenters. The fourth-order valence-electron chi connectivity index (χ4n) is 1.77. The highest BCUT2D eigenvalue weighted by Gasteiger charge is 2.13. The standard InChI is InChI=1S/C12H21N5O/c1-5-9-11(14-3)15-8-16-12(9)17(4)7-6-10(18)13-2/h8H,5-7H2,1-4H3,(H,13,18)(H,14,15,16). The molecule has 0 saturated carbocycles. The van der Waals surface area contributed by atoms with E-state index in [0.717, 1.165) is 23.6 Å². The summed E-state index contributed by atoms with van der Waals surface area (Å²) >= 11 is 0. The number of hydrogen-bond donors (Lipinski definition) is 2. The highest BCUT2D eigenvalue weighted by atomic mass is 16.1. The van der Waals surface area contributed by atoms with Gasteiger partial charge in [-0.2, -0.15) is 0 Å². The number of nitrogens with one attached hydrogen (secondary N) is 2. The van der Waals surface area contributed by atoms with E-state index in [-0.39, 0.29) is 5.91 Å². The summed E-state index contributed by atoms with van der Waals surface area (Å²) in [7, 11) is 5.42. The molecule has 1 amide bonds. The van der Waals surface area contributed by atoms with Crippen molar-refractivity contribution in [2.24, 2.45) is 0 Å². The summed E-state index contributed by atoms with van der Waals surface area (Å²) < 4.78 is 0. The minimum atomic E-state index is 0.0304. The summed E-state index contributed by atoms with van der Waals surface area (Å²) in [5.41, 5.74) is 1.07. The fourth-order valence-corrected chi connectivity index (χ4v) is 1.77. The third-order valence-corrected chi connectivity index (χ3v) is 2.83. The minimum absolute atomic E-state index is 0.0304. The van der Waals surface area contributed by atoms with Gasteiger partial charge in [-0.25, -0.2) is 9.97 Å². The number of carbonyl (C=O) groups is 1. The molecule has 6 heteroatoms. The second-order valence-corrected chi connectivity index (χ2v) is 3.97. The van der Waals surface area contributed by atoms with Crippen molar-refractivity contribution < 1.29 is 4.79 Å². The lowest BCUT2D eigenvalue weighted by Crippen LogP contribution is -2.27. The number of hydrogen-bond acceptors (Lipinski definition) is 5. The predicted molar refractivity (Wildman–Crippen MR) is 72.9 cm³/mol. The highest BCUT2D eigenvalue weighted by molar-refractivity contribution is 5.76. The minimum Gasteiger partial charge on any atom is -0.373 e. The summed E-state index contributed by atoms with van der Waals surface area (Å²) in [5.74, 6) is 1.75. The van der Waals surface area contributed by atoms with Crippen LogP contribution in [0.4, 0.5) is 11.6 Å². The van der Waals surface area contributed by atoms with E-state index >= 15 is 0 Å². The molecular formula is C12H21N5O. The van der Waals surface area contributed by atoms with Gasteiger partial charge in [0.05, 0.1) is 0 Å². The van der Waals surface area contributed by atoms with Crippen LogP contribution in [0.2, 0.25) is 0 Å². The van der Waals surface area contributed by atoms with Gasteiger partial charge in [0.2, 0.25) is 5.91 Å². The molecule has 1 aromatic rings. The molecule has 0 spiro atoms. The van der Waals surface area contributed by atoms with Gasteiger partial charge in [-0.15, -0.1) is 0 Å². The number of aromatic nitrogens is 2. The van der Waals surface area contributed by atoms with Crippen molar-refractivity contribution in [3.63, 3.8) is 0 Å². The summed E-state index contributed by atoms with van der Waals surface area (Å²) in [6.45, 7) is 2.70. The number of anilines is 2. The molecule has 0 radical (unpaired) electrons. The maximum absolute atomic E-state index is 11.2. The van der Waals surface area contributed by atoms with Gasteiger partial charge >= 0.3 is 0 Å². The van der Waals surface area contributed by atoms with E-state index in [2.05, 4.69) is 27.5 Å². The molecule has 0 fully saturated rings. The third-order valence-electron chi connectivity index (χ3n) is 2.83. The quantitative estimate of drug-likeness (QED) is 0.777. The van der Waals surface area contributed by atoms with Crippen LogP contribution in [0.25, 0.3) is 0 Å². The Kier molecular flexibility index (Phi) is 5.35. The van der Waals surface area contributed by atoms with Crippen molar-refractivity contribution in [2.75, 3.05) is 37.9 Å². The molecule has 100 valence electrons. The van der Waals surface area contributed by atoms with Crippen LogP contribution >= 0.6 is 0 Å². The molecule has 1 rings (SSSR count). The lowest BCUT2D eigenvalue weighted by Gasteiger charge is -2.21. The van der Waals surface area contributed by atoms with Crippen LogP contribution in [0, 0.1) is 0 Å². The van der Waals surface area contributed by atoms with Crippen molar-refractivity contribution in [3.8, 4) is 0 Å². The van der Waals surface area contributed by atoms with Crippen LogP contribution in [-0.4, -0.2) is 43.6 Å². The zero-order chi connectivity index (χ0) is 13.5. The molecule has 1 heterocycles. The van der Waals surface area contributed by atoms with E-state index < -0.39 is 0 Å². The first kappa shape index (κ1) is 14.2. The molecule has 0 aliphatic carbocycles. The molecule has 0 aliphatic heterocycles. The lowest BCUT2D eigenvalue weighted by atomic mass is 10.2.